The minimum Gasteiger partial charge on any atom is -0.469 e. The molecule has 0 rings (SSSR count). The molecule has 5 nitrogen and oxygen atoms in total. The summed E-state index contributed by atoms with van der Waals surface area (Å²) in [5.74, 6) is 0.0336. The van der Waals surface area contributed by atoms with Gasteiger partial charge in [-0.2, -0.15) is 0 Å². The van der Waals surface area contributed by atoms with Crippen molar-refractivity contribution in [3.63, 3.8) is 0 Å². The summed E-state index contributed by atoms with van der Waals surface area (Å²) in [6.07, 6.45) is 0.361. The number of esters is 1. The topological polar surface area (TPSA) is 64.6 Å². The maximum absolute atomic E-state index is 11.6. The number of ether oxygens (including phenoxy) is 2. The van der Waals surface area contributed by atoms with Crippen molar-refractivity contribution in [3.05, 3.63) is 0 Å². The van der Waals surface area contributed by atoms with Crippen LogP contribution in [-0.4, -0.2) is 30.8 Å². The van der Waals surface area contributed by atoms with Gasteiger partial charge in [0.05, 0.1) is 13.5 Å². The first kappa shape index (κ1) is 16.7. The van der Waals surface area contributed by atoms with Gasteiger partial charge in [-0.05, 0) is 33.1 Å². The van der Waals surface area contributed by atoms with E-state index in [-0.39, 0.29) is 18.4 Å². The number of methoxy groups -OCH3 is 1. The summed E-state index contributed by atoms with van der Waals surface area (Å²) in [4.78, 5) is 22.9. The molecule has 0 bridgehead atoms. The molecular weight excluding hydrogens is 234 g/mol. The van der Waals surface area contributed by atoms with Crippen molar-refractivity contribution in [2.45, 2.75) is 59.1 Å². The highest BCUT2D eigenvalue weighted by atomic mass is 16.6. The molecule has 1 amide bonds. The highest BCUT2D eigenvalue weighted by Crippen LogP contribution is 2.11. The zero-order valence-corrected chi connectivity index (χ0v) is 12.2. The fraction of sp³-hybridized carbons (Fsp3) is 0.846. The van der Waals surface area contributed by atoms with Crippen molar-refractivity contribution < 1.29 is 19.1 Å². The van der Waals surface area contributed by atoms with Crippen molar-refractivity contribution in [2.24, 2.45) is 5.92 Å². The first-order valence-electron chi connectivity index (χ1n) is 6.20. The fourth-order valence-corrected chi connectivity index (χ4v) is 1.52. The molecule has 0 spiro atoms. The van der Waals surface area contributed by atoms with Gasteiger partial charge >= 0.3 is 12.1 Å². The van der Waals surface area contributed by atoms with Crippen LogP contribution in [0, 0.1) is 5.92 Å². The standard InChI is InChI=1S/C13H25NO4/c1-9(2)7-10(8-11(15)17-6)14-12(16)18-13(3,4)5/h9-10H,7-8H2,1-6H3,(H,14,16)/t10-/m0/s1. The molecule has 18 heavy (non-hydrogen) atoms. The SMILES string of the molecule is COC(=O)C[C@H](CC(C)C)NC(=O)OC(C)(C)C. The minimum absolute atomic E-state index is 0.161. The van der Waals surface area contributed by atoms with Crippen LogP contribution in [0.5, 0.6) is 0 Å². The van der Waals surface area contributed by atoms with E-state index < -0.39 is 11.7 Å². The molecule has 0 saturated heterocycles. The average molecular weight is 259 g/mol. The Bertz CT molecular complexity index is 281. The molecule has 0 aromatic carbocycles. The van der Waals surface area contributed by atoms with Crippen LogP contribution in [0.1, 0.15) is 47.5 Å². The van der Waals surface area contributed by atoms with Gasteiger partial charge in [0, 0.05) is 6.04 Å². The molecule has 106 valence electrons. The van der Waals surface area contributed by atoms with Gasteiger partial charge in [0.15, 0.2) is 0 Å². The molecule has 1 atom stereocenters. The predicted molar refractivity (Wildman–Crippen MR) is 69.2 cm³/mol. The van der Waals surface area contributed by atoms with Crippen LogP contribution in [0.2, 0.25) is 0 Å². The van der Waals surface area contributed by atoms with E-state index in [0.29, 0.717) is 12.3 Å². The number of hydrogen-bond donors (Lipinski definition) is 1. The number of nitrogens with one attached hydrogen (secondary N) is 1. The van der Waals surface area contributed by atoms with Gasteiger partial charge in [-0.3, -0.25) is 4.79 Å². The second kappa shape index (κ2) is 7.24. The lowest BCUT2D eigenvalue weighted by Gasteiger charge is -2.24. The number of carbonyl (C=O) groups is 2. The third-order valence-corrected chi connectivity index (χ3v) is 2.12. The van der Waals surface area contributed by atoms with E-state index in [2.05, 4.69) is 10.1 Å². The molecule has 0 aliphatic heterocycles. The third-order valence-electron chi connectivity index (χ3n) is 2.12. The summed E-state index contributed by atoms with van der Waals surface area (Å²) < 4.78 is 9.78. The number of rotatable bonds is 5. The summed E-state index contributed by atoms with van der Waals surface area (Å²) in [5.41, 5.74) is -0.544. The van der Waals surface area contributed by atoms with E-state index in [1.165, 1.54) is 7.11 Å². The Morgan fingerprint density at radius 2 is 1.78 bits per heavy atom. The molecule has 0 aliphatic rings. The second-order valence-corrected chi connectivity index (χ2v) is 5.75. The van der Waals surface area contributed by atoms with Gasteiger partial charge in [-0.1, -0.05) is 13.8 Å². The Morgan fingerprint density at radius 3 is 2.17 bits per heavy atom. The van der Waals surface area contributed by atoms with Gasteiger partial charge in [-0.15, -0.1) is 0 Å². The first-order chi connectivity index (χ1) is 8.14. The smallest absolute Gasteiger partial charge is 0.407 e. The number of hydrogen-bond acceptors (Lipinski definition) is 4. The Kier molecular flexibility index (Phi) is 6.73. The predicted octanol–water partition coefficient (Wildman–Crippen LogP) is 2.49. The molecule has 0 radical (unpaired) electrons. The van der Waals surface area contributed by atoms with Gasteiger partial charge in [0.1, 0.15) is 5.60 Å². The van der Waals surface area contributed by atoms with E-state index >= 15 is 0 Å². The molecule has 0 fully saturated rings. The van der Waals surface area contributed by atoms with Crippen LogP contribution in [0.15, 0.2) is 0 Å². The molecular formula is C13H25NO4. The highest BCUT2D eigenvalue weighted by molar-refractivity contribution is 5.72. The maximum atomic E-state index is 11.6. The van der Waals surface area contributed by atoms with Crippen LogP contribution >= 0.6 is 0 Å². The second-order valence-electron chi connectivity index (χ2n) is 5.75. The molecule has 0 aromatic heterocycles. The molecule has 0 aliphatic carbocycles. The summed E-state index contributed by atoms with van der Waals surface area (Å²) in [6.45, 7) is 9.45. The average Bonchev–Trinajstić information content (AvgIpc) is 2.12. The van der Waals surface area contributed by atoms with E-state index in [0.717, 1.165) is 0 Å². The number of amides is 1. The summed E-state index contributed by atoms with van der Waals surface area (Å²) in [7, 11) is 1.34. The lowest BCUT2D eigenvalue weighted by Crippen LogP contribution is -2.41. The quantitative estimate of drug-likeness (QED) is 0.770. The van der Waals surface area contributed by atoms with Crippen LogP contribution < -0.4 is 5.32 Å². The van der Waals surface area contributed by atoms with Gasteiger partial charge in [-0.25, -0.2) is 4.79 Å². The lowest BCUT2D eigenvalue weighted by molar-refractivity contribution is -0.141. The first-order valence-corrected chi connectivity index (χ1v) is 6.20. The zero-order chi connectivity index (χ0) is 14.3. The monoisotopic (exact) mass is 259 g/mol. The number of carbonyl (C=O) groups excluding carboxylic acids is 2. The zero-order valence-electron chi connectivity index (χ0n) is 12.2. The summed E-state index contributed by atoms with van der Waals surface area (Å²) >= 11 is 0. The van der Waals surface area contributed by atoms with Crippen LogP contribution in [-0.2, 0) is 14.3 Å². The third kappa shape index (κ3) is 8.84. The molecule has 0 aromatic rings. The van der Waals surface area contributed by atoms with Gasteiger partial charge in [0.25, 0.3) is 0 Å². The van der Waals surface area contributed by atoms with Crippen LogP contribution in [0.3, 0.4) is 0 Å². The van der Waals surface area contributed by atoms with Gasteiger partial charge < -0.3 is 14.8 Å². The Morgan fingerprint density at radius 1 is 1.22 bits per heavy atom. The minimum atomic E-state index is -0.544. The van der Waals surface area contributed by atoms with Crippen LogP contribution in [0.4, 0.5) is 4.79 Å². The van der Waals surface area contributed by atoms with Gasteiger partial charge in [0.2, 0.25) is 0 Å². The Labute approximate surface area is 109 Å². The van der Waals surface area contributed by atoms with Crippen molar-refractivity contribution >= 4 is 12.1 Å². The largest absolute Gasteiger partial charge is 0.469 e. The Balaban J connectivity index is 4.39. The molecule has 0 heterocycles. The van der Waals surface area contributed by atoms with Crippen LogP contribution in [0.25, 0.3) is 0 Å². The Hall–Kier alpha value is -1.26. The molecule has 0 unspecified atom stereocenters. The van der Waals surface area contributed by atoms with E-state index in [4.69, 9.17) is 4.74 Å². The lowest BCUT2D eigenvalue weighted by atomic mass is 10.0. The number of alkyl carbamates (subject to hydrolysis) is 1. The van der Waals surface area contributed by atoms with E-state index in [9.17, 15) is 9.59 Å². The van der Waals surface area contributed by atoms with E-state index in [1.54, 1.807) is 20.8 Å². The fourth-order valence-electron chi connectivity index (χ4n) is 1.52. The molecule has 0 saturated carbocycles. The molecule has 1 N–H and O–H groups in total. The van der Waals surface area contributed by atoms with E-state index in [1.807, 2.05) is 13.8 Å². The highest BCUT2D eigenvalue weighted by Gasteiger charge is 2.22. The molecule has 5 heteroatoms. The summed E-state index contributed by atoms with van der Waals surface area (Å²) in [5, 5.41) is 2.71. The summed E-state index contributed by atoms with van der Waals surface area (Å²) in [6, 6.07) is -0.257. The normalized spacial score (nSPS) is 13.1. The maximum Gasteiger partial charge on any atom is 0.407 e. The van der Waals surface area contributed by atoms with Crippen molar-refractivity contribution in [3.8, 4) is 0 Å². The van der Waals surface area contributed by atoms with Crippen molar-refractivity contribution in [1.29, 1.82) is 0 Å². The van der Waals surface area contributed by atoms with Crippen molar-refractivity contribution in [2.75, 3.05) is 7.11 Å². The van der Waals surface area contributed by atoms with Crippen molar-refractivity contribution in [1.82, 2.24) is 5.32 Å².